The maximum atomic E-state index is 14.9. The highest BCUT2D eigenvalue weighted by molar-refractivity contribution is 9.10. The molecule has 0 aromatic heterocycles. The van der Waals surface area contributed by atoms with E-state index in [2.05, 4.69) is 21.2 Å². The normalized spacial score (nSPS) is 21.4. The number of ether oxygens (including phenoxy) is 1. The van der Waals surface area contributed by atoms with E-state index in [1.807, 2.05) is 111 Å². The molecule has 4 aromatic carbocycles. The highest BCUT2D eigenvalue weighted by Crippen LogP contribution is 2.60. The van der Waals surface area contributed by atoms with Gasteiger partial charge in [-0.05, 0) is 66.7 Å². The molecule has 0 saturated carbocycles. The first kappa shape index (κ1) is 35.7. The molecule has 0 aliphatic carbocycles. The fourth-order valence-electron chi connectivity index (χ4n) is 7.65. The van der Waals surface area contributed by atoms with E-state index in [1.54, 1.807) is 21.9 Å². The molecule has 6 rings (SSSR count). The minimum Gasteiger partial charge on any atom is -0.432 e. The number of benzene rings is 4. The van der Waals surface area contributed by atoms with Crippen molar-refractivity contribution in [3.8, 4) is 0 Å². The quantitative estimate of drug-likeness (QED) is 0.151. The molecule has 1 spiro atoms. The third-order valence-corrected chi connectivity index (χ3v) is 12.8. The zero-order valence-corrected chi connectivity index (χ0v) is 31.0. The molecule has 2 heterocycles. The van der Waals surface area contributed by atoms with E-state index >= 15 is 0 Å². The zero-order valence-electron chi connectivity index (χ0n) is 28.4. The molecule has 2 aliphatic rings. The number of hydrogen-bond acceptors (Lipinski definition) is 6. The first-order valence-corrected chi connectivity index (χ1v) is 20.6. The third-order valence-electron chi connectivity index (χ3n) is 9.82. The average Bonchev–Trinajstić information content (AvgIpc) is 3.51. The second-order valence-electron chi connectivity index (χ2n) is 13.7. The second-order valence-corrected chi connectivity index (χ2v) is 18.6. The number of nitrogens with one attached hydrogen (secondary N) is 1. The van der Waals surface area contributed by atoms with Crippen molar-refractivity contribution in [2.24, 2.45) is 5.92 Å². The Balaban J connectivity index is 1.30. The van der Waals surface area contributed by atoms with E-state index in [-0.39, 0.29) is 43.8 Å². The Hall–Kier alpha value is -4.13. The van der Waals surface area contributed by atoms with Gasteiger partial charge in [-0.15, -0.1) is 0 Å². The van der Waals surface area contributed by atoms with Gasteiger partial charge in [-0.25, -0.2) is 0 Å². The lowest BCUT2D eigenvalue weighted by Crippen LogP contribution is -2.46. The molecule has 2 aliphatic heterocycles. The number of carbonyl (C=O) groups excluding carboxylic acids is 3. The average molecular weight is 757 g/mol. The van der Waals surface area contributed by atoms with Crippen LogP contribution in [0.5, 0.6) is 0 Å². The highest BCUT2D eigenvalue weighted by atomic mass is 79.9. The van der Waals surface area contributed by atoms with Crippen LogP contribution < -0.4 is 10.2 Å². The molecule has 0 bridgehead atoms. The van der Waals surface area contributed by atoms with Crippen LogP contribution >= 0.6 is 15.9 Å². The first-order valence-electron chi connectivity index (χ1n) is 16.8. The van der Waals surface area contributed by atoms with E-state index in [1.165, 1.54) is 0 Å². The summed E-state index contributed by atoms with van der Waals surface area (Å²) in [6, 6.07) is 31.6. The Morgan fingerprint density at radius 2 is 1.64 bits per heavy atom. The van der Waals surface area contributed by atoms with E-state index in [4.69, 9.17) is 4.74 Å². The Morgan fingerprint density at radius 3 is 2.32 bits per heavy atom. The van der Waals surface area contributed by atoms with Gasteiger partial charge in [0.25, 0.3) is 11.8 Å². The van der Waals surface area contributed by atoms with Crippen molar-refractivity contribution in [1.82, 2.24) is 4.90 Å². The SMILES string of the molecule is C[C@H]1[C@H]([Si](C)(C)O)[C@@H](CC(=O)N(CCO)Cc2ccccc2)O[C@]12C(=O)N(Cc1cccc(NC(=O)c3ccccc3)c1)c1ccc(Br)cc12. The van der Waals surface area contributed by atoms with Gasteiger partial charge in [-0.2, -0.15) is 0 Å². The summed E-state index contributed by atoms with van der Waals surface area (Å²) in [7, 11) is -3.02. The number of halogens is 1. The van der Waals surface area contributed by atoms with Crippen LogP contribution in [0.1, 0.15) is 40.4 Å². The van der Waals surface area contributed by atoms with Crippen LogP contribution in [-0.4, -0.2) is 60.1 Å². The Kier molecular flexibility index (Phi) is 10.4. The van der Waals surface area contributed by atoms with E-state index in [9.17, 15) is 24.3 Å². The summed E-state index contributed by atoms with van der Waals surface area (Å²) in [6.07, 6.45) is -0.770. The van der Waals surface area contributed by atoms with E-state index in [0.717, 1.165) is 15.6 Å². The molecule has 4 atom stereocenters. The molecule has 3 amide bonds. The van der Waals surface area contributed by atoms with Gasteiger partial charge in [-0.3, -0.25) is 14.4 Å². The van der Waals surface area contributed by atoms with Crippen molar-refractivity contribution >= 4 is 53.3 Å². The molecule has 1 fully saturated rings. The van der Waals surface area contributed by atoms with Crippen LogP contribution in [-0.2, 0) is 33.0 Å². The molecular formula is C39H42BrN3O6Si. The van der Waals surface area contributed by atoms with Crippen molar-refractivity contribution in [2.45, 2.75) is 56.8 Å². The smallest absolute Gasteiger partial charge is 0.264 e. The Labute approximate surface area is 302 Å². The first-order chi connectivity index (χ1) is 23.9. The molecule has 9 nitrogen and oxygen atoms in total. The summed E-state index contributed by atoms with van der Waals surface area (Å²) < 4.78 is 7.67. The molecular weight excluding hydrogens is 714 g/mol. The number of aliphatic hydroxyl groups excluding tert-OH is 1. The summed E-state index contributed by atoms with van der Waals surface area (Å²) in [5.74, 6) is -1.15. The summed E-state index contributed by atoms with van der Waals surface area (Å²) >= 11 is 3.60. The summed E-state index contributed by atoms with van der Waals surface area (Å²) in [5, 5.41) is 12.8. The molecule has 260 valence electrons. The van der Waals surface area contributed by atoms with Gasteiger partial charge in [0.15, 0.2) is 13.9 Å². The predicted octanol–water partition coefficient (Wildman–Crippen LogP) is 6.46. The maximum Gasteiger partial charge on any atom is 0.264 e. The number of hydrogen-bond donors (Lipinski definition) is 3. The van der Waals surface area contributed by atoms with E-state index in [0.29, 0.717) is 29.0 Å². The molecule has 11 heteroatoms. The number of rotatable bonds is 11. The van der Waals surface area contributed by atoms with Gasteiger partial charge < -0.3 is 29.8 Å². The number of anilines is 2. The Morgan fingerprint density at radius 1 is 0.960 bits per heavy atom. The van der Waals surface area contributed by atoms with Gasteiger partial charge in [0.1, 0.15) is 0 Å². The Bertz CT molecular complexity index is 1870. The number of nitrogens with zero attached hydrogens (tertiary/aromatic N) is 2. The summed E-state index contributed by atoms with van der Waals surface area (Å²) in [6.45, 7) is 6.11. The molecule has 0 radical (unpaired) electrons. The van der Waals surface area contributed by atoms with Crippen molar-refractivity contribution in [3.05, 3.63) is 130 Å². The van der Waals surface area contributed by atoms with Crippen molar-refractivity contribution < 1.29 is 29.0 Å². The monoisotopic (exact) mass is 755 g/mol. The fourth-order valence-corrected chi connectivity index (χ4v) is 10.6. The van der Waals surface area contributed by atoms with Crippen LogP contribution in [0.15, 0.2) is 108 Å². The van der Waals surface area contributed by atoms with Crippen LogP contribution in [0.3, 0.4) is 0 Å². The standard InChI is InChI=1S/C39H42BrN3O6Si/c1-26-36(50(2,3)48)34(23-35(45)42(19-20-44)24-27-11-6-4-7-12-27)49-39(26)32-22-30(40)17-18-33(32)43(38(39)47)25-28-13-10-16-31(21-28)41-37(46)29-14-8-5-9-15-29/h4-18,21-22,26,34,36,44,48H,19-20,23-25H2,1-3H3,(H,41,46)/t26-,34+,36-,39+/m0/s1. The molecule has 3 N–H and O–H groups in total. The number of carbonyl (C=O) groups is 3. The summed E-state index contributed by atoms with van der Waals surface area (Å²) in [4.78, 5) is 56.6. The van der Waals surface area contributed by atoms with Crippen LogP contribution in [0.4, 0.5) is 11.4 Å². The number of fused-ring (bicyclic) bond motifs is 2. The minimum atomic E-state index is -3.02. The van der Waals surface area contributed by atoms with Crippen molar-refractivity contribution in [2.75, 3.05) is 23.4 Å². The topological polar surface area (TPSA) is 119 Å². The van der Waals surface area contributed by atoms with Crippen molar-refractivity contribution in [3.63, 3.8) is 0 Å². The second kappa shape index (κ2) is 14.6. The van der Waals surface area contributed by atoms with Crippen molar-refractivity contribution in [1.29, 1.82) is 0 Å². The molecule has 50 heavy (non-hydrogen) atoms. The van der Waals surface area contributed by atoms with Crippen LogP contribution in [0.25, 0.3) is 0 Å². The summed E-state index contributed by atoms with van der Waals surface area (Å²) in [5.41, 5.74) is 2.40. The zero-order chi connectivity index (χ0) is 35.6. The fraction of sp³-hybridized carbons (Fsp3) is 0.308. The van der Waals surface area contributed by atoms with Gasteiger partial charge >= 0.3 is 0 Å². The van der Waals surface area contributed by atoms with Gasteiger partial charge in [0.2, 0.25) is 5.91 Å². The largest absolute Gasteiger partial charge is 0.432 e. The molecule has 1 saturated heterocycles. The predicted molar refractivity (Wildman–Crippen MR) is 199 cm³/mol. The minimum absolute atomic E-state index is 0.0413. The molecule has 4 aromatic rings. The van der Waals surface area contributed by atoms with Gasteiger partial charge in [-0.1, -0.05) is 83.5 Å². The maximum absolute atomic E-state index is 14.9. The molecule has 0 unspecified atom stereocenters. The lowest BCUT2D eigenvalue weighted by molar-refractivity contribution is -0.150. The number of aliphatic hydroxyl groups is 1. The third kappa shape index (κ3) is 7.06. The van der Waals surface area contributed by atoms with Crippen LogP contribution in [0, 0.1) is 5.92 Å². The van der Waals surface area contributed by atoms with Gasteiger partial charge in [0.05, 0.1) is 31.4 Å². The van der Waals surface area contributed by atoms with E-state index < -0.39 is 31.5 Å². The highest BCUT2D eigenvalue weighted by Gasteiger charge is 2.66. The van der Waals surface area contributed by atoms with Crippen LogP contribution in [0.2, 0.25) is 18.6 Å². The van der Waals surface area contributed by atoms with Gasteiger partial charge in [0, 0.05) is 45.8 Å². The lowest BCUT2D eigenvalue weighted by atomic mass is 9.82. The number of amides is 3. The lowest BCUT2D eigenvalue weighted by Gasteiger charge is -2.32.